The summed E-state index contributed by atoms with van der Waals surface area (Å²) in [7, 11) is 0. The normalized spacial score (nSPS) is 19.5. The van der Waals surface area contributed by atoms with Gasteiger partial charge in [-0.1, -0.05) is 25.8 Å². The van der Waals surface area contributed by atoms with E-state index in [0.29, 0.717) is 18.0 Å². The van der Waals surface area contributed by atoms with Gasteiger partial charge in [-0.25, -0.2) is 0 Å². The highest BCUT2D eigenvalue weighted by molar-refractivity contribution is 7.10. The SMILES string of the molecule is C#CCN1CCC(NC(c2cccs2)C(C)C)CC1. The van der Waals surface area contributed by atoms with Crippen molar-refractivity contribution in [3.05, 3.63) is 22.4 Å². The summed E-state index contributed by atoms with van der Waals surface area (Å²) in [4.78, 5) is 3.83. The molecule has 1 N–H and O–H groups in total. The van der Waals surface area contributed by atoms with Gasteiger partial charge in [-0.3, -0.25) is 4.90 Å². The Morgan fingerprint density at radius 3 is 2.74 bits per heavy atom. The molecule has 1 atom stereocenters. The Bertz CT molecular complexity index is 397. The molecule has 0 amide bonds. The fraction of sp³-hybridized carbons (Fsp3) is 0.625. The summed E-state index contributed by atoms with van der Waals surface area (Å²) in [5.74, 6) is 3.37. The maximum absolute atomic E-state index is 5.37. The first-order valence-corrected chi connectivity index (χ1v) is 8.04. The molecule has 0 saturated carbocycles. The van der Waals surface area contributed by atoms with Crippen molar-refractivity contribution >= 4 is 11.3 Å². The number of piperidine rings is 1. The lowest BCUT2D eigenvalue weighted by atomic mass is 9.98. The summed E-state index contributed by atoms with van der Waals surface area (Å²) in [6.45, 7) is 7.63. The molecule has 0 radical (unpaired) electrons. The number of nitrogens with zero attached hydrogens (tertiary/aromatic N) is 1. The van der Waals surface area contributed by atoms with Gasteiger partial charge in [0.25, 0.3) is 0 Å². The molecule has 0 bridgehead atoms. The minimum absolute atomic E-state index is 0.490. The van der Waals surface area contributed by atoms with Gasteiger partial charge in [0.15, 0.2) is 0 Å². The van der Waals surface area contributed by atoms with Crippen LogP contribution in [0.3, 0.4) is 0 Å². The van der Waals surface area contributed by atoms with Crippen LogP contribution in [0.4, 0.5) is 0 Å². The third-order valence-electron chi connectivity index (χ3n) is 3.83. The predicted octanol–water partition coefficient (Wildman–Crippen LogP) is 3.13. The molecule has 2 nitrogen and oxygen atoms in total. The predicted molar refractivity (Wildman–Crippen MR) is 83.3 cm³/mol. The summed E-state index contributed by atoms with van der Waals surface area (Å²) in [6, 6.07) is 5.51. The molecule has 19 heavy (non-hydrogen) atoms. The van der Waals surface area contributed by atoms with Gasteiger partial charge < -0.3 is 5.32 Å². The Balaban J connectivity index is 1.88. The quantitative estimate of drug-likeness (QED) is 0.831. The second-order valence-corrected chi connectivity index (χ2v) is 6.64. The summed E-state index contributed by atoms with van der Waals surface area (Å²) in [6.07, 6.45) is 7.78. The van der Waals surface area contributed by atoms with E-state index in [4.69, 9.17) is 6.42 Å². The first-order valence-electron chi connectivity index (χ1n) is 7.16. The Kier molecular flexibility index (Phi) is 5.45. The van der Waals surface area contributed by atoms with Crippen LogP contribution in [0.1, 0.15) is 37.6 Å². The van der Waals surface area contributed by atoms with Crippen LogP contribution in [-0.4, -0.2) is 30.6 Å². The van der Waals surface area contributed by atoms with E-state index in [-0.39, 0.29) is 0 Å². The number of hydrogen-bond donors (Lipinski definition) is 1. The number of rotatable bonds is 5. The van der Waals surface area contributed by atoms with Crippen molar-refractivity contribution in [1.82, 2.24) is 10.2 Å². The fourth-order valence-electron chi connectivity index (χ4n) is 2.71. The van der Waals surface area contributed by atoms with E-state index >= 15 is 0 Å². The highest BCUT2D eigenvalue weighted by Gasteiger charge is 2.24. The van der Waals surface area contributed by atoms with Crippen LogP contribution in [0.5, 0.6) is 0 Å². The third-order valence-corrected chi connectivity index (χ3v) is 4.79. The zero-order valence-electron chi connectivity index (χ0n) is 11.9. The van der Waals surface area contributed by atoms with Gasteiger partial charge in [0.2, 0.25) is 0 Å². The van der Waals surface area contributed by atoms with Crippen LogP contribution in [-0.2, 0) is 0 Å². The fourth-order valence-corrected chi connectivity index (χ4v) is 3.67. The molecule has 0 aromatic carbocycles. The van der Waals surface area contributed by atoms with Crippen LogP contribution in [0.15, 0.2) is 17.5 Å². The van der Waals surface area contributed by atoms with Gasteiger partial charge in [-0.05, 0) is 30.2 Å². The lowest BCUT2D eigenvalue weighted by Crippen LogP contribution is -2.44. The molecular formula is C16H24N2S. The molecule has 3 heteroatoms. The molecule has 1 fully saturated rings. The average Bonchev–Trinajstić information content (AvgIpc) is 2.91. The van der Waals surface area contributed by atoms with E-state index in [2.05, 4.69) is 47.5 Å². The first kappa shape index (κ1) is 14.6. The summed E-state index contributed by atoms with van der Waals surface area (Å²) in [5, 5.41) is 6.02. The first-order chi connectivity index (χ1) is 9.20. The summed E-state index contributed by atoms with van der Waals surface area (Å²) in [5.41, 5.74) is 0. The van der Waals surface area contributed by atoms with Crippen molar-refractivity contribution in [2.45, 2.75) is 38.8 Å². The molecule has 0 spiro atoms. The number of nitrogens with one attached hydrogen (secondary N) is 1. The van der Waals surface area contributed by atoms with E-state index in [1.807, 2.05) is 11.3 Å². The number of hydrogen-bond acceptors (Lipinski definition) is 3. The highest BCUT2D eigenvalue weighted by atomic mass is 32.1. The average molecular weight is 276 g/mol. The number of likely N-dealkylation sites (tertiary alicyclic amines) is 1. The molecule has 2 rings (SSSR count). The summed E-state index contributed by atoms with van der Waals surface area (Å²) >= 11 is 1.86. The smallest absolute Gasteiger partial charge is 0.0598 e. The van der Waals surface area contributed by atoms with Gasteiger partial charge >= 0.3 is 0 Å². The maximum Gasteiger partial charge on any atom is 0.0598 e. The molecule has 1 aromatic heterocycles. The van der Waals surface area contributed by atoms with Crippen LogP contribution >= 0.6 is 11.3 Å². The van der Waals surface area contributed by atoms with Crippen LogP contribution in [0, 0.1) is 18.3 Å². The molecular weight excluding hydrogens is 252 g/mol. The molecule has 104 valence electrons. The Morgan fingerprint density at radius 2 is 2.21 bits per heavy atom. The van der Waals surface area contributed by atoms with Gasteiger partial charge in [0.05, 0.1) is 6.54 Å². The van der Waals surface area contributed by atoms with E-state index in [9.17, 15) is 0 Å². The number of terminal acetylenes is 1. The van der Waals surface area contributed by atoms with Crippen molar-refractivity contribution in [2.24, 2.45) is 5.92 Å². The van der Waals surface area contributed by atoms with Gasteiger partial charge in [-0.15, -0.1) is 17.8 Å². The number of thiophene rings is 1. The Labute approximate surface area is 121 Å². The molecule has 1 unspecified atom stereocenters. The Morgan fingerprint density at radius 1 is 1.47 bits per heavy atom. The van der Waals surface area contributed by atoms with Gasteiger partial charge in [-0.2, -0.15) is 0 Å². The van der Waals surface area contributed by atoms with E-state index in [1.54, 1.807) is 0 Å². The molecule has 0 aliphatic carbocycles. The lowest BCUT2D eigenvalue weighted by Gasteiger charge is -2.34. The second kappa shape index (κ2) is 7.09. The van der Waals surface area contributed by atoms with E-state index in [0.717, 1.165) is 19.6 Å². The zero-order valence-corrected chi connectivity index (χ0v) is 12.7. The van der Waals surface area contributed by atoms with Crippen molar-refractivity contribution in [3.63, 3.8) is 0 Å². The molecule has 1 saturated heterocycles. The minimum Gasteiger partial charge on any atom is -0.306 e. The molecule has 1 aromatic rings. The summed E-state index contributed by atoms with van der Waals surface area (Å²) < 4.78 is 0. The lowest BCUT2D eigenvalue weighted by molar-refractivity contribution is 0.201. The maximum atomic E-state index is 5.37. The third kappa shape index (κ3) is 4.07. The molecule has 2 heterocycles. The van der Waals surface area contributed by atoms with Crippen LogP contribution in [0.25, 0.3) is 0 Å². The van der Waals surface area contributed by atoms with Gasteiger partial charge in [0, 0.05) is 30.1 Å². The van der Waals surface area contributed by atoms with Crippen LogP contribution < -0.4 is 5.32 Å². The Hall–Kier alpha value is -0.820. The van der Waals surface area contributed by atoms with Crippen molar-refractivity contribution in [2.75, 3.05) is 19.6 Å². The monoisotopic (exact) mass is 276 g/mol. The molecule has 1 aliphatic heterocycles. The van der Waals surface area contributed by atoms with Crippen molar-refractivity contribution in [3.8, 4) is 12.3 Å². The zero-order chi connectivity index (χ0) is 13.7. The standard InChI is InChI=1S/C16H24N2S/c1-4-9-18-10-7-14(8-11-18)17-16(13(2)3)15-6-5-12-19-15/h1,5-6,12-14,16-17H,7-11H2,2-3H3. The van der Waals surface area contributed by atoms with Crippen LogP contribution in [0.2, 0.25) is 0 Å². The van der Waals surface area contributed by atoms with Crippen molar-refractivity contribution in [1.29, 1.82) is 0 Å². The van der Waals surface area contributed by atoms with E-state index < -0.39 is 0 Å². The van der Waals surface area contributed by atoms with Crippen molar-refractivity contribution < 1.29 is 0 Å². The second-order valence-electron chi connectivity index (χ2n) is 5.66. The van der Waals surface area contributed by atoms with Gasteiger partial charge in [0.1, 0.15) is 0 Å². The molecule has 1 aliphatic rings. The van der Waals surface area contributed by atoms with E-state index in [1.165, 1.54) is 17.7 Å². The highest BCUT2D eigenvalue weighted by Crippen LogP contribution is 2.27. The topological polar surface area (TPSA) is 15.3 Å². The largest absolute Gasteiger partial charge is 0.306 e. The minimum atomic E-state index is 0.490.